The number of rotatable bonds is 12. The highest BCUT2D eigenvalue weighted by Crippen LogP contribution is 2.31. The molecule has 5 N–H and O–H groups in total. The molecule has 3 aromatic carbocycles. The number of imide groups is 1. The number of nitrogens with one attached hydrogen (secondary N) is 2. The fraction of sp³-hybridized carbons (Fsp3) is 0.359. The van der Waals surface area contributed by atoms with Gasteiger partial charge >= 0.3 is 18.2 Å². The Morgan fingerprint density at radius 2 is 1.48 bits per heavy atom. The number of amides is 3. The predicted molar refractivity (Wildman–Crippen MR) is 206 cm³/mol. The van der Waals surface area contributed by atoms with Gasteiger partial charge in [-0.1, -0.05) is 24.3 Å². The second-order valence-corrected chi connectivity index (χ2v) is 16.7. The van der Waals surface area contributed by atoms with Crippen molar-refractivity contribution in [1.82, 2.24) is 4.98 Å². The molecule has 0 spiro atoms. The number of benzene rings is 3. The maximum absolute atomic E-state index is 13.3. The minimum Gasteiger partial charge on any atom is -0.479 e. The van der Waals surface area contributed by atoms with Crippen molar-refractivity contribution in [2.24, 2.45) is 5.73 Å². The summed E-state index contributed by atoms with van der Waals surface area (Å²) in [6, 6.07) is 17.0. The summed E-state index contributed by atoms with van der Waals surface area (Å²) in [4.78, 5) is 56.7. The number of aryl methyl sites for hydroxylation is 1. The number of nitrogens with two attached hydrogens (primary N) is 1. The average Bonchev–Trinajstić information content (AvgIpc) is 3.05. The van der Waals surface area contributed by atoms with Crippen LogP contribution in [0.3, 0.4) is 0 Å². The van der Waals surface area contributed by atoms with Crippen LogP contribution in [-0.2, 0) is 41.9 Å². The van der Waals surface area contributed by atoms with Crippen molar-refractivity contribution in [3.05, 3.63) is 89.6 Å². The number of carbonyl (C=O) groups is 4. The third-order valence-corrected chi connectivity index (χ3v) is 9.01. The van der Waals surface area contributed by atoms with Crippen molar-refractivity contribution < 1.29 is 42.2 Å². The number of aliphatic carboxylic acids is 1. The molecule has 1 aromatic heterocycles. The zero-order valence-electron chi connectivity index (χ0n) is 31.4. The summed E-state index contributed by atoms with van der Waals surface area (Å²) >= 11 is 0. The minimum absolute atomic E-state index is 0.00519. The van der Waals surface area contributed by atoms with E-state index in [1.807, 2.05) is 12.1 Å². The number of hydrogen-bond acceptors (Lipinski definition) is 11. The van der Waals surface area contributed by atoms with Crippen molar-refractivity contribution in [1.29, 1.82) is 0 Å². The molecule has 0 aliphatic carbocycles. The van der Waals surface area contributed by atoms with E-state index in [0.717, 1.165) is 16.7 Å². The monoisotopic (exact) mass is 761 g/mol. The summed E-state index contributed by atoms with van der Waals surface area (Å²) < 4.78 is 34.9. The van der Waals surface area contributed by atoms with E-state index >= 15 is 0 Å². The first-order chi connectivity index (χ1) is 25.1. The van der Waals surface area contributed by atoms with Crippen molar-refractivity contribution in [3.63, 3.8) is 0 Å². The number of sulfone groups is 1. The summed E-state index contributed by atoms with van der Waals surface area (Å²) in [6.07, 6.45) is 1.89. The van der Waals surface area contributed by atoms with Crippen molar-refractivity contribution >= 4 is 61.9 Å². The van der Waals surface area contributed by atoms with E-state index in [0.29, 0.717) is 46.1 Å². The molecule has 3 amide bonds. The second-order valence-electron chi connectivity index (χ2n) is 14.7. The smallest absolute Gasteiger partial charge is 0.425 e. The summed E-state index contributed by atoms with van der Waals surface area (Å²) in [5.74, 6) is -1.36. The molecule has 1 atom stereocenters. The Bertz CT molecular complexity index is 2110. The number of carboxylic acid groups (broad SMARTS) is 1. The Balaban J connectivity index is 1.45. The van der Waals surface area contributed by atoms with Gasteiger partial charge in [0.25, 0.3) is 0 Å². The quantitative estimate of drug-likeness (QED) is 0.115. The number of carbonyl (C=O) groups excluding carboxylic acids is 3. The van der Waals surface area contributed by atoms with Gasteiger partial charge in [0, 0.05) is 42.2 Å². The zero-order chi connectivity index (χ0) is 40.0. The van der Waals surface area contributed by atoms with Gasteiger partial charge in [-0.25, -0.2) is 27.8 Å². The van der Waals surface area contributed by atoms with E-state index in [4.69, 9.17) is 15.2 Å². The SMILES string of the molecule is CC(C)(C)OC(=O)N(C(=O)OC(C)(C)C)c1nccc2cc(NC(C(=O)O)c3ccc(CCCC(=O)Nc4ccc(S(C)(=O)=O)c(CN)c4)cc3)ccc12. The summed E-state index contributed by atoms with van der Waals surface area (Å²) in [5, 5.41) is 17.0. The van der Waals surface area contributed by atoms with Gasteiger partial charge in [-0.15, -0.1) is 0 Å². The van der Waals surface area contributed by atoms with E-state index in [9.17, 15) is 32.7 Å². The van der Waals surface area contributed by atoms with Crippen LogP contribution in [0.4, 0.5) is 26.8 Å². The van der Waals surface area contributed by atoms with Gasteiger partial charge < -0.3 is 30.9 Å². The zero-order valence-corrected chi connectivity index (χ0v) is 32.2. The van der Waals surface area contributed by atoms with Crippen LogP contribution in [-0.4, -0.2) is 60.0 Å². The van der Waals surface area contributed by atoms with Crippen LogP contribution in [0.5, 0.6) is 0 Å². The molecule has 1 unspecified atom stereocenters. The number of fused-ring (bicyclic) bond motifs is 1. The molecule has 0 aliphatic rings. The topological polar surface area (TPSA) is 207 Å². The number of nitrogens with zero attached hydrogens (tertiary/aromatic N) is 2. The molecule has 0 saturated carbocycles. The lowest BCUT2D eigenvalue weighted by molar-refractivity contribution is -0.138. The third-order valence-electron chi connectivity index (χ3n) is 7.81. The molecule has 4 rings (SSSR count). The molecular formula is C39H47N5O9S. The highest BCUT2D eigenvalue weighted by atomic mass is 32.2. The normalized spacial score (nSPS) is 12.4. The predicted octanol–water partition coefficient (Wildman–Crippen LogP) is 6.97. The largest absolute Gasteiger partial charge is 0.479 e. The molecule has 0 radical (unpaired) electrons. The fourth-order valence-electron chi connectivity index (χ4n) is 5.48. The average molecular weight is 762 g/mol. The Morgan fingerprint density at radius 1 is 0.870 bits per heavy atom. The highest BCUT2D eigenvalue weighted by Gasteiger charge is 2.34. The van der Waals surface area contributed by atoms with Crippen LogP contribution in [0.2, 0.25) is 0 Å². The molecule has 0 aliphatic heterocycles. The standard InChI is InChI=1S/C39H47N5O9S/c1-38(2,3)52-36(48)44(37(49)53-39(4,5)6)34-30-17-15-29(21-26(30)19-20-41-34)43-33(35(46)47)25-13-11-24(12-14-25)9-8-10-32(45)42-28-16-18-31(54(7,50)51)27(22-28)23-40/h11-22,33,43H,8-10,23,40H2,1-7H3,(H,42,45)(H,46,47). The number of anilines is 3. The van der Waals surface area contributed by atoms with Gasteiger partial charge in [0.1, 0.15) is 11.2 Å². The molecule has 0 bridgehead atoms. The van der Waals surface area contributed by atoms with Crippen LogP contribution in [0.15, 0.2) is 77.8 Å². The molecule has 288 valence electrons. The van der Waals surface area contributed by atoms with E-state index in [-0.39, 0.29) is 29.6 Å². The Morgan fingerprint density at radius 3 is 2.04 bits per heavy atom. The maximum Gasteiger partial charge on any atom is 0.425 e. The summed E-state index contributed by atoms with van der Waals surface area (Å²) in [5.41, 5.74) is 6.63. The second kappa shape index (κ2) is 16.6. The van der Waals surface area contributed by atoms with Gasteiger partial charge in [-0.3, -0.25) is 4.79 Å². The molecule has 0 fully saturated rings. The van der Waals surface area contributed by atoms with E-state index in [1.54, 1.807) is 84.0 Å². The summed E-state index contributed by atoms with van der Waals surface area (Å²) in [6.45, 7) is 10.1. The van der Waals surface area contributed by atoms with Crippen LogP contribution < -0.4 is 21.3 Å². The molecular weight excluding hydrogens is 715 g/mol. The number of pyridine rings is 1. The van der Waals surface area contributed by atoms with Gasteiger partial charge in [0.15, 0.2) is 21.7 Å². The first-order valence-electron chi connectivity index (χ1n) is 17.2. The van der Waals surface area contributed by atoms with Gasteiger partial charge in [0.2, 0.25) is 5.91 Å². The highest BCUT2D eigenvalue weighted by molar-refractivity contribution is 7.90. The van der Waals surface area contributed by atoms with Crippen LogP contribution >= 0.6 is 0 Å². The first-order valence-corrected chi connectivity index (χ1v) is 19.1. The van der Waals surface area contributed by atoms with Crippen LogP contribution in [0, 0.1) is 0 Å². The molecule has 14 nitrogen and oxygen atoms in total. The van der Waals surface area contributed by atoms with Crippen molar-refractivity contribution in [2.75, 3.05) is 21.8 Å². The Hall–Kier alpha value is -5.54. The molecule has 1 heterocycles. The number of carboxylic acids is 1. The minimum atomic E-state index is -3.45. The Kier molecular flexibility index (Phi) is 12.7. The molecule has 15 heteroatoms. The summed E-state index contributed by atoms with van der Waals surface area (Å²) in [7, 11) is -3.45. The molecule has 0 saturated heterocycles. The molecule has 4 aromatic rings. The van der Waals surface area contributed by atoms with Gasteiger partial charge in [-0.05, 0) is 119 Å². The van der Waals surface area contributed by atoms with Crippen molar-refractivity contribution in [3.8, 4) is 0 Å². The lowest BCUT2D eigenvalue weighted by atomic mass is 10.0. The van der Waals surface area contributed by atoms with E-state index in [1.165, 1.54) is 18.3 Å². The van der Waals surface area contributed by atoms with Crippen LogP contribution in [0.1, 0.15) is 77.1 Å². The fourth-order valence-corrected chi connectivity index (χ4v) is 6.41. The number of ether oxygens (including phenoxy) is 2. The van der Waals surface area contributed by atoms with Crippen molar-refractivity contribution in [2.45, 2.75) is 89.5 Å². The first kappa shape index (κ1) is 41.2. The molecule has 54 heavy (non-hydrogen) atoms. The third kappa shape index (κ3) is 11.2. The van der Waals surface area contributed by atoms with Gasteiger partial charge in [-0.2, -0.15) is 4.90 Å². The van der Waals surface area contributed by atoms with E-state index < -0.39 is 45.2 Å². The lowest BCUT2D eigenvalue weighted by Gasteiger charge is -2.28. The Labute approximate surface area is 315 Å². The van der Waals surface area contributed by atoms with E-state index in [2.05, 4.69) is 15.6 Å². The lowest BCUT2D eigenvalue weighted by Crippen LogP contribution is -2.44. The number of aromatic nitrogens is 1. The maximum atomic E-state index is 13.3. The van der Waals surface area contributed by atoms with Gasteiger partial charge in [0.05, 0.1) is 4.90 Å². The number of hydrogen-bond donors (Lipinski definition) is 4. The van der Waals surface area contributed by atoms with Crippen LogP contribution in [0.25, 0.3) is 10.8 Å².